The van der Waals surface area contributed by atoms with E-state index in [4.69, 9.17) is 16.3 Å². The van der Waals surface area contributed by atoms with Crippen molar-refractivity contribution in [3.8, 4) is 5.75 Å². The second-order valence-electron chi connectivity index (χ2n) is 4.00. The van der Waals surface area contributed by atoms with Crippen molar-refractivity contribution in [1.29, 1.82) is 0 Å². The van der Waals surface area contributed by atoms with Crippen LogP contribution in [0.5, 0.6) is 5.75 Å². The molecule has 0 aromatic heterocycles. The summed E-state index contributed by atoms with van der Waals surface area (Å²) in [4.78, 5) is 0. The third-order valence-corrected chi connectivity index (χ3v) is 4.66. The molecule has 1 aromatic rings. The maximum Gasteiger partial charge on any atom is 0.139 e. The fourth-order valence-corrected chi connectivity index (χ4v) is 2.55. The van der Waals surface area contributed by atoms with E-state index in [0.717, 1.165) is 22.2 Å². The highest BCUT2D eigenvalue weighted by Gasteiger charge is 2.42. The van der Waals surface area contributed by atoms with Crippen LogP contribution in [0.2, 0.25) is 5.02 Å². The Bertz CT molecular complexity index is 364. The molecule has 1 fully saturated rings. The van der Waals surface area contributed by atoms with Gasteiger partial charge in [0, 0.05) is 15.2 Å². The predicted molar refractivity (Wildman–Crippen MR) is 70.1 cm³/mol. The molecular weight excluding hydrogens is 343 g/mol. The van der Waals surface area contributed by atoms with Gasteiger partial charge < -0.3 is 4.74 Å². The van der Waals surface area contributed by atoms with Crippen LogP contribution in [0.4, 0.5) is 0 Å². The minimum atomic E-state index is 0.353. The van der Waals surface area contributed by atoms with E-state index in [0.29, 0.717) is 10.4 Å². The molecule has 0 saturated heterocycles. The zero-order valence-electron chi connectivity index (χ0n) is 8.10. The Labute approximate surface area is 111 Å². The first-order chi connectivity index (χ1) is 7.15. The van der Waals surface area contributed by atoms with Crippen LogP contribution in [0.1, 0.15) is 12.8 Å². The largest absolute Gasteiger partial charge is 0.491 e. The molecule has 0 unspecified atom stereocenters. The summed E-state index contributed by atoms with van der Waals surface area (Å²) in [6.07, 6.45) is 2.48. The average molecular weight is 354 g/mol. The lowest BCUT2D eigenvalue weighted by Crippen LogP contribution is -2.14. The Morgan fingerprint density at radius 3 is 2.73 bits per heavy atom. The number of benzene rings is 1. The van der Waals surface area contributed by atoms with Gasteiger partial charge in [-0.1, -0.05) is 43.5 Å². The number of ether oxygens (including phenoxy) is 1. The zero-order chi connectivity index (χ0) is 10.9. The summed E-state index contributed by atoms with van der Waals surface area (Å²) in [6, 6.07) is 5.66. The summed E-state index contributed by atoms with van der Waals surface area (Å²) in [5.41, 5.74) is 0.353. The fraction of sp³-hybridized carbons (Fsp3) is 0.455. The van der Waals surface area contributed by atoms with Crippen molar-refractivity contribution < 1.29 is 4.74 Å². The van der Waals surface area contributed by atoms with Gasteiger partial charge in [0.25, 0.3) is 0 Å². The van der Waals surface area contributed by atoms with Gasteiger partial charge in [0.15, 0.2) is 0 Å². The zero-order valence-corrected chi connectivity index (χ0v) is 12.0. The topological polar surface area (TPSA) is 9.23 Å². The molecule has 1 nitrogen and oxygen atoms in total. The third kappa shape index (κ3) is 2.89. The molecular formula is C11H11Br2ClO. The van der Waals surface area contributed by atoms with Crippen LogP contribution in [-0.2, 0) is 0 Å². The minimum Gasteiger partial charge on any atom is -0.491 e. The summed E-state index contributed by atoms with van der Waals surface area (Å²) < 4.78 is 6.74. The van der Waals surface area contributed by atoms with Crippen LogP contribution >= 0.6 is 43.5 Å². The minimum absolute atomic E-state index is 0.353. The second-order valence-corrected chi connectivity index (χ2v) is 5.88. The first kappa shape index (κ1) is 11.7. The van der Waals surface area contributed by atoms with Gasteiger partial charge in [-0.15, -0.1) is 0 Å². The monoisotopic (exact) mass is 352 g/mol. The van der Waals surface area contributed by atoms with Crippen molar-refractivity contribution in [1.82, 2.24) is 0 Å². The molecule has 0 atom stereocenters. The molecule has 1 aliphatic rings. The molecule has 2 rings (SSSR count). The second kappa shape index (κ2) is 4.64. The van der Waals surface area contributed by atoms with E-state index >= 15 is 0 Å². The van der Waals surface area contributed by atoms with Crippen molar-refractivity contribution in [3.05, 3.63) is 27.7 Å². The molecule has 0 heterocycles. The third-order valence-electron chi connectivity index (χ3n) is 2.67. The molecule has 0 aliphatic heterocycles. The van der Waals surface area contributed by atoms with Gasteiger partial charge in [-0.25, -0.2) is 0 Å². The lowest BCUT2D eigenvalue weighted by atomic mass is 10.2. The number of alkyl halides is 1. The Morgan fingerprint density at radius 2 is 2.13 bits per heavy atom. The van der Waals surface area contributed by atoms with Crippen molar-refractivity contribution in [3.63, 3.8) is 0 Å². The Balaban J connectivity index is 2.01. The normalized spacial score (nSPS) is 17.5. The van der Waals surface area contributed by atoms with Gasteiger partial charge in [-0.3, -0.25) is 0 Å². The molecule has 0 bridgehead atoms. The Kier molecular flexibility index (Phi) is 3.63. The molecule has 15 heavy (non-hydrogen) atoms. The van der Waals surface area contributed by atoms with Gasteiger partial charge in [0.05, 0.1) is 11.6 Å². The quantitative estimate of drug-likeness (QED) is 0.715. The van der Waals surface area contributed by atoms with E-state index in [1.54, 1.807) is 0 Å². The van der Waals surface area contributed by atoms with Crippen molar-refractivity contribution in [2.45, 2.75) is 12.8 Å². The lowest BCUT2D eigenvalue weighted by Gasteiger charge is -2.14. The van der Waals surface area contributed by atoms with Crippen LogP contribution in [0.15, 0.2) is 22.7 Å². The Hall–Kier alpha value is 0.270. The van der Waals surface area contributed by atoms with E-state index in [2.05, 4.69) is 31.9 Å². The molecule has 1 aromatic carbocycles. The van der Waals surface area contributed by atoms with E-state index < -0.39 is 0 Å². The number of halogens is 3. The molecule has 0 spiro atoms. The van der Waals surface area contributed by atoms with E-state index in [-0.39, 0.29) is 0 Å². The summed E-state index contributed by atoms with van der Waals surface area (Å²) in [6.45, 7) is 0.744. The van der Waals surface area contributed by atoms with Gasteiger partial charge in [0.2, 0.25) is 0 Å². The SMILES string of the molecule is Clc1ccc(Br)cc1OCC1(CBr)CC1. The Morgan fingerprint density at radius 1 is 1.40 bits per heavy atom. The smallest absolute Gasteiger partial charge is 0.139 e. The molecule has 4 heteroatoms. The first-order valence-corrected chi connectivity index (χ1v) is 7.08. The molecule has 0 N–H and O–H groups in total. The summed E-state index contributed by atoms with van der Waals surface area (Å²) >= 11 is 13.0. The number of rotatable bonds is 4. The number of hydrogen-bond donors (Lipinski definition) is 0. The summed E-state index contributed by atoms with van der Waals surface area (Å²) in [5.74, 6) is 0.762. The molecule has 82 valence electrons. The number of hydrogen-bond acceptors (Lipinski definition) is 1. The molecule has 1 aliphatic carbocycles. The summed E-state index contributed by atoms with van der Waals surface area (Å²) in [7, 11) is 0. The van der Waals surface area contributed by atoms with Gasteiger partial charge in [0.1, 0.15) is 5.75 Å². The van der Waals surface area contributed by atoms with Crippen molar-refractivity contribution in [2.75, 3.05) is 11.9 Å². The van der Waals surface area contributed by atoms with Crippen LogP contribution in [0.3, 0.4) is 0 Å². The van der Waals surface area contributed by atoms with Gasteiger partial charge in [-0.05, 0) is 31.0 Å². The highest BCUT2D eigenvalue weighted by atomic mass is 79.9. The highest BCUT2D eigenvalue weighted by Crippen LogP contribution is 2.47. The first-order valence-electron chi connectivity index (χ1n) is 4.79. The fourth-order valence-electron chi connectivity index (χ4n) is 1.31. The van der Waals surface area contributed by atoms with E-state index in [1.165, 1.54) is 12.8 Å². The van der Waals surface area contributed by atoms with Crippen LogP contribution in [0.25, 0.3) is 0 Å². The molecule has 1 saturated carbocycles. The highest BCUT2D eigenvalue weighted by molar-refractivity contribution is 9.10. The lowest BCUT2D eigenvalue weighted by molar-refractivity contribution is 0.251. The van der Waals surface area contributed by atoms with Crippen molar-refractivity contribution in [2.24, 2.45) is 5.41 Å². The van der Waals surface area contributed by atoms with Gasteiger partial charge in [-0.2, -0.15) is 0 Å². The molecule has 0 radical (unpaired) electrons. The molecule has 0 amide bonds. The van der Waals surface area contributed by atoms with E-state index in [1.807, 2.05) is 18.2 Å². The predicted octanol–water partition coefficient (Wildman–Crippen LogP) is 4.66. The average Bonchev–Trinajstić information content (AvgIpc) is 3.00. The van der Waals surface area contributed by atoms with Crippen LogP contribution in [-0.4, -0.2) is 11.9 Å². The van der Waals surface area contributed by atoms with E-state index in [9.17, 15) is 0 Å². The maximum absolute atomic E-state index is 6.03. The van der Waals surface area contributed by atoms with Crippen molar-refractivity contribution >= 4 is 43.5 Å². The van der Waals surface area contributed by atoms with Crippen LogP contribution < -0.4 is 4.74 Å². The maximum atomic E-state index is 6.03. The van der Waals surface area contributed by atoms with Crippen LogP contribution in [0, 0.1) is 5.41 Å². The van der Waals surface area contributed by atoms with Gasteiger partial charge >= 0.3 is 0 Å². The summed E-state index contributed by atoms with van der Waals surface area (Å²) in [5, 5.41) is 1.68. The standard InChI is InChI=1S/C11H11Br2ClO/c12-6-11(3-4-11)7-15-10-5-8(13)1-2-9(10)14/h1-2,5H,3-4,6-7H2.